The van der Waals surface area contributed by atoms with Gasteiger partial charge in [0.15, 0.2) is 0 Å². The smallest absolute Gasteiger partial charge is 0.326 e. The van der Waals surface area contributed by atoms with E-state index in [0.717, 1.165) is 6.42 Å². The van der Waals surface area contributed by atoms with Crippen LogP contribution in [0, 0.1) is 18.3 Å². The summed E-state index contributed by atoms with van der Waals surface area (Å²) >= 11 is 5.87. The second-order valence-corrected chi connectivity index (χ2v) is 4.30. The topological polar surface area (TPSA) is 86.0 Å². The van der Waals surface area contributed by atoms with E-state index >= 15 is 0 Å². The van der Waals surface area contributed by atoms with Crippen LogP contribution in [0.15, 0.2) is 6.20 Å². The summed E-state index contributed by atoms with van der Waals surface area (Å²) in [6, 6.07) is 1.23. The molecular weight excluding hydrogens is 254 g/mol. The van der Waals surface area contributed by atoms with E-state index in [0.29, 0.717) is 17.0 Å². The van der Waals surface area contributed by atoms with Gasteiger partial charge < -0.3 is 10.4 Å². The average Bonchev–Trinajstić information content (AvgIpc) is 2.33. The maximum absolute atomic E-state index is 11.0. The van der Waals surface area contributed by atoms with Gasteiger partial charge in [-0.3, -0.25) is 0 Å². The highest BCUT2D eigenvalue weighted by Gasteiger charge is 2.19. The van der Waals surface area contributed by atoms with Crippen LogP contribution in [0.1, 0.15) is 30.9 Å². The molecule has 18 heavy (non-hydrogen) atoms. The molecule has 96 valence electrons. The molecule has 0 radical (unpaired) electrons. The van der Waals surface area contributed by atoms with Gasteiger partial charge in [0.25, 0.3) is 0 Å². The number of carboxylic acids is 1. The lowest BCUT2D eigenvalue weighted by molar-refractivity contribution is -0.138. The number of hydrogen-bond donors (Lipinski definition) is 2. The summed E-state index contributed by atoms with van der Waals surface area (Å²) in [6.45, 7) is 3.59. The maximum atomic E-state index is 11.0. The Hall–Kier alpha value is -1.80. The van der Waals surface area contributed by atoms with E-state index in [1.165, 1.54) is 6.20 Å². The van der Waals surface area contributed by atoms with Crippen LogP contribution < -0.4 is 5.32 Å². The van der Waals surface area contributed by atoms with Gasteiger partial charge in [-0.2, -0.15) is 5.26 Å². The Labute approximate surface area is 110 Å². The first-order chi connectivity index (χ1) is 8.51. The van der Waals surface area contributed by atoms with E-state index < -0.39 is 12.0 Å². The molecule has 1 rings (SSSR count). The van der Waals surface area contributed by atoms with Crippen LogP contribution in [-0.4, -0.2) is 22.1 Å². The lowest BCUT2D eigenvalue weighted by atomic mass is 10.1. The third-order valence-corrected chi connectivity index (χ3v) is 2.96. The van der Waals surface area contributed by atoms with E-state index in [4.69, 9.17) is 22.0 Å². The van der Waals surface area contributed by atoms with Crippen LogP contribution in [0.4, 0.5) is 5.82 Å². The summed E-state index contributed by atoms with van der Waals surface area (Å²) in [4.78, 5) is 15.0. The predicted octanol–water partition coefficient (Wildman–Crippen LogP) is 2.58. The second-order valence-electron chi connectivity index (χ2n) is 3.89. The minimum atomic E-state index is -0.963. The summed E-state index contributed by atoms with van der Waals surface area (Å²) in [5.41, 5.74) is 0.877. The van der Waals surface area contributed by atoms with Gasteiger partial charge >= 0.3 is 5.97 Å². The zero-order chi connectivity index (χ0) is 13.7. The first-order valence-corrected chi connectivity index (χ1v) is 5.93. The maximum Gasteiger partial charge on any atom is 0.326 e. The highest BCUT2D eigenvalue weighted by Crippen LogP contribution is 2.24. The van der Waals surface area contributed by atoms with Crippen molar-refractivity contribution in [2.75, 3.05) is 5.32 Å². The molecule has 1 unspecified atom stereocenters. The van der Waals surface area contributed by atoms with Crippen LogP contribution in [0.25, 0.3) is 0 Å². The van der Waals surface area contributed by atoms with Crippen molar-refractivity contribution in [2.24, 2.45) is 0 Å². The summed E-state index contributed by atoms with van der Waals surface area (Å²) in [7, 11) is 0. The molecule has 6 heteroatoms. The van der Waals surface area contributed by atoms with Crippen molar-refractivity contribution in [3.63, 3.8) is 0 Å². The van der Waals surface area contributed by atoms with E-state index in [2.05, 4.69) is 10.3 Å². The van der Waals surface area contributed by atoms with Gasteiger partial charge in [0.2, 0.25) is 0 Å². The molecule has 2 N–H and O–H groups in total. The molecular formula is C12H14ClN3O2. The molecule has 0 aliphatic heterocycles. The molecule has 0 fully saturated rings. The lowest BCUT2D eigenvalue weighted by Gasteiger charge is -2.16. The third-order valence-electron chi connectivity index (χ3n) is 2.58. The molecule has 0 saturated heterocycles. The molecule has 0 saturated carbocycles. The van der Waals surface area contributed by atoms with Crippen molar-refractivity contribution in [1.82, 2.24) is 4.98 Å². The number of rotatable bonds is 5. The SMILES string of the molecule is CCCC(Nc1ncc(Cl)c(C)c1C#N)C(=O)O. The fraction of sp³-hybridized carbons (Fsp3) is 0.417. The van der Waals surface area contributed by atoms with E-state index in [-0.39, 0.29) is 11.4 Å². The standard InChI is InChI=1S/C12H14ClN3O2/c1-3-4-10(12(17)18)16-11-8(5-14)7(2)9(13)6-15-11/h6,10H,3-4H2,1-2H3,(H,15,16)(H,17,18). The number of nitrogens with one attached hydrogen (secondary N) is 1. The van der Waals surface area contributed by atoms with E-state index in [1.54, 1.807) is 6.92 Å². The first kappa shape index (κ1) is 14.3. The highest BCUT2D eigenvalue weighted by molar-refractivity contribution is 6.31. The first-order valence-electron chi connectivity index (χ1n) is 5.55. The van der Waals surface area contributed by atoms with E-state index in [9.17, 15) is 4.79 Å². The van der Waals surface area contributed by atoms with Gasteiger partial charge in [-0.15, -0.1) is 0 Å². The largest absolute Gasteiger partial charge is 0.480 e. The Balaban J connectivity index is 3.07. The zero-order valence-corrected chi connectivity index (χ0v) is 11.0. The van der Waals surface area contributed by atoms with Crippen LogP contribution in [-0.2, 0) is 4.79 Å². The van der Waals surface area contributed by atoms with Crippen LogP contribution >= 0.6 is 11.6 Å². The van der Waals surface area contributed by atoms with Crippen LogP contribution in [0.5, 0.6) is 0 Å². The van der Waals surface area contributed by atoms with Crippen LogP contribution in [0.2, 0.25) is 5.02 Å². The summed E-state index contributed by atoms with van der Waals surface area (Å²) in [6.07, 6.45) is 2.59. The summed E-state index contributed by atoms with van der Waals surface area (Å²) in [5.74, 6) is -0.699. The molecule has 0 aliphatic carbocycles. The number of halogens is 1. The van der Waals surface area contributed by atoms with Crippen molar-refractivity contribution in [3.8, 4) is 6.07 Å². The molecule has 1 aromatic rings. The van der Waals surface area contributed by atoms with Crippen molar-refractivity contribution in [1.29, 1.82) is 5.26 Å². The Morgan fingerprint density at radius 1 is 1.72 bits per heavy atom. The Morgan fingerprint density at radius 3 is 2.89 bits per heavy atom. The monoisotopic (exact) mass is 267 g/mol. The quantitative estimate of drug-likeness (QED) is 0.856. The lowest BCUT2D eigenvalue weighted by Crippen LogP contribution is -2.29. The molecule has 5 nitrogen and oxygen atoms in total. The number of anilines is 1. The molecule has 0 bridgehead atoms. The molecule has 0 aliphatic rings. The molecule has 0 amide bonds. The third kappa shape index (κ3) is 3.11. The molecule has 1 atom stereocenters. The number of pyridine rings is 1. The Bertz CT molecular complexity index is 497. The number of nitriles is 1. The molecule has 0 aromatic carbocycles. The van der Waals surface area contributed by atoms with Gasteiger partial charge in [0.1, 0.15) is 17.9 Å². The number of aliphatic carboxylic acids is 1. The normalized spacial score (nSPS) is 11.7. The predicted molar refractivity (Wildman–Crippen MR) is 68.7 cm³/mol. The summed E-state index contributed by atoms with van der Waals surface area (Å²) < 4.78 is 0. The fourth-order valence-corrected chi connectivity index (χ4v) is 1.68. The number of carbonyl (C=O) groups is 1. The van der Waals surface area contributed by atoms with Gasteiger partial charge in [0.05, 0.1) is 10.6 Å². The highest BCUT2D eigenvalue weighted by atomic mass is 35.5. The average molecular weight is 268 g/mol. The van der Waals surface area contributed by atoms with E-state index in [1.807, 2.05) is 13.0 Å². The Kier molecular flexibility index (Phi) is 4.93. The molecule has 1 aromatic heterocycles. The van der Waals surface area contributed by atoms with Gasteiger partial charge in [-0.05, 0) is 18.9 Å². The van der Waals surface area contributed by atoms with Gasteiger partial charge in [0, 0.05) is 6.20 Å². The van der Waals surface area contributed by atoms with Crippen molar-refractivity contribution < 1.29 is 9.90 Å². The van der Waals surface area contributed by atoms with Crippen molar-refractivity contribution >= 4 is 23.4 Å². The second kappa shape index (κ2) is 6.22. The van der Waals surface area contributed by atoms with Crippen molar-refractivity contribution in [2.45, 2.75) is 32.7 Å². The number of hydrogen-bond acceptors (Lipinski definition) is 4. The zero-order valence-electron chi connectivity index (χ0n) is 10.2. The number of aromatic nitrogens is 1. The molecule has 0 spiro atoms. The van der Waals surface area contributed by atoms with Crippen LogP contribution in [0.3, 0.4) is 0 Å². The minimum absolute atomic E-state index is 0.264. The van der Waals surface area contributed by atoms with Crippen molar-refractivity contribution in [3.05, 3.63) is 22.3 Å². The van der Waals surface area contributed by atoms with Gasteiger partial charge in [-0.25, -0.2) is 9.78 Å². The summed E-state index contributed by atoms with van der Waals surface area (Å²) in [5, 5.41) is 21.3. The number of nitrogens with zero attached hydrogens (tertiary/aromatic N) is 2. The fourth-order valence-electron chi connectivity index (χ4n) is 1.54. The number of carboxylic acid groups (broad SMARTS) is 1. The van der Waals surface area contributed by atoms with Gasteiger partial charge in [-0.1, -0.05) is 24.9 Å². The Morgan fingerprint density at radius 2 is 2.39 bits per heavy atom. The minimum Gasteiger partial charge on any atom is -0.480 e. The molecule has 1 heterocycles.